The molecular formula is C16H20N4. The van der Waals surface area contributed by atoms with Crippen LogP contribution in [0.2, 0.25) is 0 Å². The van der Waals surface area contributed by atoms with Crippen LogP contribution in [-0.2, 0) is 0 Å². The highest BCUT2D eigenvalue weighted by Gasteiger charge is 2.23. The Bertz CT molecular complexity index is 555. The number of aromatic nitrogens is 3. The first-order valence-corrected chi connectivity index (χ1v) is 7.30. The summed E-state index contributed by atoms with van der Waals surface area (Å²) in [6, 6.07) is 6.72. The van der Waals surface area contributed by atoms with Crippen molar-refractivity contribution in [2.24, 2.45) is 0 Å². The number of hydrogen-bond donors (Lipinski definition) is 0. The van der Waals surface area contributed by atoms with E-state index >= 15 is 0 Å². The second-order valence-electron chi connectivity index (χ2n) is 5.36. The Morgan fingerprint density at radius 3 is 2.75 bits per heavy atom. The molecule has 3 heterocycles. The van der Waals surface area contributed by atoms with Gasteiger partial charge < -0.3 is 4.90 Å². The molecule has 4 heteroatoms. The van der Waals surface area contributed by atoms with Crippen molar-refractivity contribution in [1.82, 2.24) is 15.0 Å². The van der Waals surface area contributed by atoms with E-state index in [4.69, 9.17) is 0 Å². The van der Waals surface area contributed by atoms with Crippen LogP contribution < -0.4 is 4.90 Å². The van der Waals surface area contributed by atoms with Crippen LogP contribution in [0, 0.1) is 6.92 Å². The molecule has 2 aromatic heterocycles. The summed E-state index contributed by atoms with van der Waals surface area (Å²) < 4.78 is 0. The van der Waals surface area contributed by atoms with Gasteiger partial charge in [0, 0.05) is 30.7 Å². The maximum atomic E-state index is 4.48. The second-order valence-corrected chi connectivity index (χ2v) is 5.36. The summed E-state index contributed by atoms with van der Waals surface area (Å²) in [7, 11) is 0. The molecule has 0 radical (unpaired) electrons. The lowest BCUT2D eigenvalue weighted by atomic mass is 10.0. The molecule has 1 aliphatic heterocycles. The average molecular weight is 268 g/mol. The summed E-state index contributed by atoms with van der Waals surface area (Å²) in [5, 5.41) is 0. The van der Waals surface area contributed by atoms with Crippen LogP contribution in [0.5, 0.6) is 0 Å². The first-order chi connectivity index (χ1) is 9.84. The lowest BCUT2D eigenvalue weighted by molar-refractivity contribution is 0.595. The number of hydrogen-bond acceptors (Lipinski definition) is 4. The SMILES string of the molecule is Cc1cc(N2CCCCCC2c2ccncc2)ncn1. The summed E-state index contributed by atoms with van der Waals surface area (Å²) in [5.41, 5.74) is 2.35. The van der Waals surface area contributed by atoms with Crippen LogP contribution in [0.4, 0.5) is 5.82 Å². The maximum Gasteiger partial charge on any atom is 0.132 e. The van der Waals surface area contributed by atoms with Gasteiger partial charge in [-0.25, -0.2) is 9.97 Å². The highest BCUT2D eigenvalue weighted by Crippen LogP contribution is 2.32. The lowest BCUT2D eigenvalue weighted by Crippen LogP contribution is -2.29. The molecule has 2 aromatic rings. The molecule has 0 aromatic carbocycles. The van der Waals surface area contributed by atoms with Gasteiger partial charge in [0.2, 0.25) is 0 Å². The fraction of sp³-hybridized carbons (Fsp3) is 0.438. The zero-order valence-electron chi connectivity index (χ0n) is 11.9. The van der Waals surface area contributed by atoms with Gasteiger partial charge in [0.05, 0.1) is 6.04 Å². The van der Waals surface area contributed by atoms with E-state index < -0.39 is 0 Å². The number of anilines is 1. The smallest absolute Gasteiger partial charge is 0.132 e. The predicted octanol–water partition coefficient (Wildman–Crippen LogP) is 3.30. The van der Waals surface area contributed by atoms with E-state index in [9.17, 15) is 0 Å². The maximum absolute atomic E-state index is 4.48. The molecule has 1 atom stereocenters. The fourth-order valence-corrected chi connectivity index (χ4v) is 2.91. The summed E-state index contributed by atoms with van der Waals surface area (Å²) >= 11 is 0. The number of pyridine rings is 1. The fourth-order valence-electron chi connectivity index (χ4n) is 2.91. The molecule has 0 bridgehead atoms. The minimum Gasteiger partial charge on any atom is -0.349 e. The van der Waals surface area contributed by atoms with Gasteiger partial charge in [-0.3, -0.25) is 4.98 Å². The largest absolute Gasteiger partial charge is 0.349 e. The molecule has 0 N–H and O–H groups in total. The molecule has 1 fully saturated rings. The molecular weight excluding hydrogens is 248 g/mol. The quantitative estimate of drug-likeness (QED) is 0.838. The van der Waals surface area contributed by atoms with E-state index in [1.54, 1.807) is 6.33 Å². The topological polar surface area (TPSA) is 41.9 Å². The number of aryl methyl sites for hydroxylation is 1. The van der Waals surface area contributed by atoms with Crippen molar-refractivity contribution in [1.29, 1.82) is 0 Å². The summed E-state index contributed by atoms with van der Waals surface area (Å²) in [6.07, 6.45) is 10.4. The minimum atomic E-state index is 0.398. The van der Waals surface area contributed by atoms with Crippen molar-refractivity contribution in [3.8, 4) is 0 Å². The Morgan fingerprint density at radius 2 is 1.95 bits per heavy atom. The van der Waals surface area contributed by atoms with Crippen molar-refractivity contribution in [2.75, 3.05) is 11.4 Å². The van der Waals surface area contributed by atoms with Crippen molar-refractivity contribution in [2.45, 2.75) is 38.6 Å². The van der Waals surface area contributed by atoms with E-state index in [1.165, 1.54) is 31.2 Å². The molecule has 1 saturated heterocycles. The van der Waals surface area contributed by atoms with Gasteiger partial charge in [0.1, 0.15) is 12.1 Å². The molecule has 20 heavy (non-hydrogen) atoms. The van der Waals surface area contributed by atoms with Crippen molar-refractivity contribution in [3.63, 3.8) is 0 Å². The van der Waals surface area contributed by atoms with Gasteiger partial charge in [-0.2, -0.15) is 0 Å². The Kier molecular flexibility index (Phi) is 3.90. The summed E-state index contributed by atoms with van der Waals surface area (Å²) in [6.45, 7) is 3.08. The zero-order valence-corrected chi connectivity index (χ0v) is 11.9. The second kappa shape index (κ2) is 5.99. The van der Waals surface area contributed by atoms with Crippen LogP contribution in [-0.4, -0.2) is 21.5 Å². The summed E-state index contributed by atoms with van der Waals surface area (Å²) in [4.78, 5) is 15.2. The van der Waals surface area contributed by atoms with Crippen LogP contribution in [0.1, 0.15) is 43.0 Å². The molecule has 3 rings (SSSR count). The molecule has 0 spiro atoms. The highest BCUT2D eigenvalue weighted by molar-refractivity contribution is 5.42. The van der Waals surface area contributed by atoms with E-state index in [1.807, 2.05) is 19.3 Å². The Labute approximate surface area is 119 Å². The van der Waals surface area contributed by atoms with Gasteiger partial charge in [-0.15, -0.1) is 0 Å². The molecule has 1 unspecified atom stereocenters. The van der Waals surface area contributed by atoms with E-state index in [0.717, 1.165) is 18.1 Å². The number of nitrogens with zero attached hydrogens (tertiary/aromatic N) is 4. The van der Waals surface area contributed by atoms with Crippen molar-refractivity contribution in [3.05, 3.63) is 48.2 Å². The van der Waals surface area contributed by atoms with Gasteiger partial charge in [-0.1, -0.05) is 12.8 Å². The van der Waals surface area contributed by atoms with E-state index in [-0.39, 0.29) is 0 Å². The lowest BCUT2D eigenvalue weighted by Gasteiger charge is -2.31. The Morgan fingerprint density at radius 1 is 1.10 bits per heavy atom. The minimum absolute atomic E-state index is 0.398. The third kappa shape index (κ3) is 2.79. The van der Waals surface area contributed by atoms with Gasteiger partial charge in [-0.05, 0) is 37.5 Å². The average Bonchev–Trinajstić information content (AvgIpc) is 2.74. The van der Waals surface area contributed by atoms with Gasteiger partial charge in [0.15, 0.2) is 0 Å². The molecule has 104 valence electrons. The van der Waals surface area contributed by atoms with Crippen LogP contribution in [0.3, 0.4) is 0 Å². The monoisotopic (exact) mass is 268 g/mol. The Balaban J connectivity index is 1.96. The first-order valence-electron chi connectivity index (χ1n) is 7.30. The van der Waals surface area contributed by atoms with Crippen LogP contribution in [0.25, 0.3) is 0 Å². The standard InChI is InChI=1S/C16H20N4/c1-13-11-16(19-12-18-13)20-10-4-2-3-5-15(20)14-6-8-17-9-7-14/h6-9,11-12,15H,2-5,10H2,1H3. The third-order valence-electron chi connectivity index (χ3n) is 3.93. The zero-order chi connectivity index (χ0) is 13.8. The molecule has 4 nitrogen and oxygen atoms in total. The van der Waals surface area contributed by atoms with Gasteiger partial charge in [0.25, 0.3) is 0 Å². The molecule has 1 aliphatic rings. The highest BCUT2D eigenvalue weighted by atomic mass is 15.2. The van der Waals surface area contributed by atoms with Crippen molar-refractivity contribution >= 4 is 5.82 Å². The molecule has 0 amide bonds. The molecule has 0 saturated carbocycles. The van der Waals surface area contributed by atoms with Crippen LogP contribution in [0.15, 0.2) is 36.9 Å². The van der Waals surface area contributed by atoms with Crippen molar-refractivity contribution < 1.29 is 0 Å². The Hall–Kier alpha value is -1.97. The third-order valence-corrected chi connectivity index (χ3v) is 3.93. The normalized spacial score (nSPS) is 19.6. The van der Waals surface area contributed by atoms with E-state index in [0.29, 0.717) is 6.04 Å². The molecule has 0 aliphatic carbocycles. The van der Waals surface area contributed by atoms with Gasteiger partial charge >= 0.3 is 0 Å². The summed E-state index contributed by atoms with van der Waals surface area (Å²) in [5.74, 6) is 1.04. The van der Waals surface area contributed by atoms with E-state index in [2.05, 4.69) is 38.1 Å². The number of rotatable bonds is 2. The first kappa shape index (κ1) is 13.0. The predicted molar refractivity (Wildman–Crippen MR) is 79.6 cm³/mol. The van der Waals surface area contributed by atoms with Crippen LogP contribution >= 0.6 is 0 Å².